The Balaban J connectivity index is 2.02. The zero-order chi connectivity index (χ0) is 20.4. The summed E-state index contributed by atoms with van der Waals surface area (Å²) in [6, 6.07) is 5.47. The average molecular weight is 391 g/mol. The first-order chi connectivity index (χ1) is 13.3. The lowest BCUT2D eigenvalue weighted by Crippen LogP contribution is -2.14. The molecular weight excluding hydrogens is 371 g/mol. The third-order valence-electron chi connectivity index (χ3n) is 4.16. The highest BCUT2D eigenvalue weighted by Gasteiger charge is 2.18. The summed E-state index contributed by atoms with van der Waals surface area (Å²) in [4.78, 5) is 8.62. The topological polar surface area (TPSA) is 75.9 Å². The number of rotatable bonds is 6. The minimum atomic E-state index is -1.58. The third kappa shape index (κ3) is 4.14. The first-order valence-corrected chi connectivity index (χ1v) is 8.78. The van der Waals surface area contributed by atoms with Crippen molar-refractivity contribution in [1.29, 1.82) is 0 Å². The summed E-state index contributed by atoms with van der Waals surface area (Å²) in [5, 5.41) is 16.9. The SMILES string of the molecule is CCC(O)Cc1nc(Nc2ccc(F)c(F)c2F)nn1-c1cc(C)nc(C)c1. The van der Waals surface area contributed by atoms with Crippen LogP contribution in [-0.2, 0) is 6.42 Å². The Hall–Kier alpha value is -2.94. The van der Waals surface area contributed by atoms with Gasteiger partial charge in [0.15, 0.2) is 17.5 Å². The lowest BCUT2D eigenvalue weighted by Gasteiger charge is -2.10. The molecule has 6 nitrogen and oxygen atoms in total. The summed E-state index contributed by atoms with van der Waals surface area (Å²) >= 11 is 0. The summed E-state index contributed by atoms with van der Waals surface area (Å²) < 4.78 is 42.1. The molecule has 2 N–H and O–H groups in total. The van der Waals surface area contributed by atoms with Crippen molar-refractivity contribution in [3.8, 4) is 5.69 Å². The van der Waals surface area contributed by atoms with Crippen LogP contribution < -0.4 is 5.32 Å². The monoisotopic (exact) mass is 391 g/mol. The van der Waals surface area contributed by atoms with Crippen molar-refractivity contribution in [1.82, 2.24) is 19.7 Å². The maximum absolute atomic E-state index is 14.0. The molecule has 1 atom stereocenters. The van der Waals surface area contributed by atoms with Crippen molar-refractivity contribution in [3.05, 3.63) is 58.9 Å². The Bertz CT molecular complexity index is 985. The van der Waals surface area contributed by atoms with Crippen molar-refractivity contribution in [3.63, 3.8) is 0 Å². The second-order valence-corrected chi connectivity index (χ2v) is 6.49. The number of hydrogen-bond acceptors (Lipinski definition) is 5. The van der Waals surface area contributed by atoms with Crippen LogP contribution in [0.5, 0.6) is 0 Å². The third-order valence-corrected chi connectivity index (χ3v) is 4.16. The molecule has 28 heavy (non-hydrogen) atoms. The van der Waals surface area contributed by atoms with Gasteiger partial charge in [0.2, 0.25) is 5.95 Å². The standard InChI is InChI=1S/C19H20F3N5O/c1-4-13(28)9-16-25-19(24-15-6-5-14(20)17(21)18(15)22)26-27(16)12-7-10(2)23-11(3)8-12/h5-8,13,28H,4,9H2,1-3H3,(H,24,26). The van der Waals surface area contributed by atoms with Crippen molar-refractivity contribution >= 4 is 11.6 Å². The Kier molecular flexibility index (Phi) is 5.64. The van der Waals surface area contributed by atoms with Crippen LogP contribution in [-0.4, -0.2) is 31.0 Å². The summed E-state index contributed by atoms with van der Waals surface area (Å²) in [7, 11) is 0. The number of anilines is 2. The van der Waals surface area contributed by atoms with E-state index in [1.54, 1.807) is 12.1 Å². The molecule has 1 aromatic carbocycles. The molecule has 0 fully saturated rings. The molecule has 0 amide bonds. The highest BCUT2D eigenvalue weighted by molar-refractivity contribution is 5.54. The van der Waals surface area contributed by atoms with Crippen LogP contribution in [0.2, 0.25) is 0 Å². The number of nitrogens with one attached hydrogen (secondary N) is 1. The minimum absolute atomic E-state index is 0.00432. The molecule has 148 valence electrons. The van der Waals surface area contributed by atoms with E-state index in [0.717, 1.165) is 23.5 Å². The molecule has 9 heteroatoms. The van der Waals surface area contributed by atoms with Crippen molar-refractivity contribution in [2.45, 2.75) is 39.7 Å². The van der Waals surface area contributed by atoms with Gasteiger partial charge < -0.3 is 10.4 Å². The van der Waals surface area contributed by atoms with E-state index in [1.165, 1.54) is 4.68 Å². The number of pyridine rings is 1. The molecule has 0 radical (unpaired) electrons. The quantitative estimate of drug-likeness (QED) is 0.626. The van der Waals surface area contributed by atoms with E-state index in [4.69, 9.17) is 0 Å². The smallest absolute Gasteiger partial charge is 0.247 e. The highest BCUT2D eigenvalue weighted by atomic mass is 19.2. The van der Waals surface area contributed by atoms with Gasteiger partial charge in [-0.3, -0.25) is 4.98 Å². The first-order valence-electron chi connectivity index (χ1n) is 8.78. The van der Waals surface area contributed by atoms with E-state index in [-0.39, 0.29) is 18.1 Å². The lowest BCUT2D eigenvalue weighted by molar-refractivity contribution is 0.167. The molecule has 1 unspecified atom stereocenters. The minimum Gasteiger partial charge on any atom is -0.393 e. The first kappa shape index (κ1) is 19.8. The van der Waals surface area contributed by atoms with Crippen LogP contribution in [0.4, 0.5) is 24.8 Å². The Morgan fingerprint density at radius 1 is 1.07 bits per heavy atom. The van der Waals surface area contributed by atoms with Gasteiger partial charge in [-0.2, -0.15) is 4.98 Å². The molecule has 0 aliphatic rings. The number of aliphatic hydroxyl groups is 1. The summed E-state index contributed by atoms with van der Waals surface area (Å²) in [6.07, 6.45) is 0.0908. The highest BCUT2D eigenvalue weighted by Crippen LogP contribution is 2.23. The normalized spacial score (nSPS) is 12.2. The molecular formula is C19H20F3N5O. The summed E-state index contributed by atoms with van der Waals surface area (Å²) in [6.45, 7) is 5.51. The van der Waals surface area contributed by atoms with E-state index in [1.807, 2.05) is 20.8 Å². The molecule has 0 spiro atoms. The van der Waals surface area contributed by atoms with Crippen molar-refractivity contribution in [2.75, 3.05) is 5.32 Å². The number of aromatic nitrogens is 4. The van der Waals surface area contributed by atoms with Gasteiger partial charge in [-0.1, -0.05) is 6.92 Å². The van der Waals surface area contributed by atoms with Gasteiger partial charge in [-0.25, -0.2) is 17.9 Å². The number of hydrogen-bond donors (Lipinski definition) is 2. The van der Waals surface area contributed by atoms with Crippen LogP contribution >= 0.6 is 0 Å². The second-order valence-electron chi connectivity index (χ2n) is 6.49. The maximum Gasteiger partial charge on any atom is 0.247 e. The fourth-order valence-electron chi connectivity index (χ4n) is 2.77. The molecule has 0 aliphatic heterocycles. The molecule has 3 aromatic rings. The number of aliphatic hydroxyl groups excluding tert-OH is 1. The predicted octanol–water partition coefficient (Wildman–Crippen LogP) is 3.75. The van der Waals surface area contributed by atoms with Crippen LogP contribution in [0.25, 0.3) is 5.69 Å². The average Bonchev–Trinajstić information content (AvgIpc) is 3.03. The fourth-order valence-corrected chi connectivity index (χ4v) is 2.77. The van der Waals surface area contributed by atoms with Crippen molar-refractivity contribution < 1.29 is 18.3 Å². The molecule has 0 bridgehead atoms. The second kappa shape index (κ2) is 7.97. The zero-order valence-electron chi connectivity index (χ0n) is 15.7. The number of aryl methyl sites for hydroxylation is 2. The van der Waals surface area contributed by atoms with E-state index in [9.17, 15) is 18.3 Å². The molecule has 0 saturated carbocycles. The molecule has 2 heterocycles. The predicted molar refractivity (Wildman–Crippen MR) is 98.2 cm³/mol. The fraction of sp³-hybridized carbons (Fsp3) is 0.316. The Morgan fingerprint density at radius 3 is 2.39 bits per heavy atom. The van der Waals surface area contributed by atoms with Gasteiger partial charge in [-0.15, -0.1) is 5.10 Å². The molecule has 2 aromatic heterocycles. The van der Waals surface area contributed by atoms with E-state index in [2.05, 4.69) is 20.4 Å². The van der Waals surface area contributed by atoms with Gasteiger partial charge in [0.05, 0.1) is 17.5 Å². The maximum atomic E-state index is 14.0. The van der Waals surface area contributed by atoms with Gasteiger partial charge in [0.25, 0.3) is 0 Å². The van der Waals surface area contributed by atoms with Crippen molar-refractivity contribution in [2.24, 2.45) is 0 Å². The molecule has 0 aliphatic carbocycles. The van der Waals surface area contributed by atoms with Crippen LogP contribution in [0.1, 0.15) is 30.6 Å². The van der Waals surface area contributed by atoms with Gasteiger partial charge in [0.1, 0.15) is 5.82 Å². The number of halogens is 3. The zero-order valence-corrected chi connectivity index (χ0v) is 15.7. The van der Waals surface area contributed by atoms with Crippen LogP contribution in [0, 0.1) is 31.3 Å². The Labute approximate surface area is 160 Å². The van der Waals surface area contributed by atoms with E-state index in [0.29, 0.717) is 17.9 Å². The van der Waals surface area contributed by atoms with Gasteiger partial charge in [0, 0.05) is 17.8 Å². The lowest BCUT2D eigenvalue weighted by atomic mass is 10.2. The largest absolute Gasteiger partial charge is 0.393 e. The van der Waals surface area contributed by atoms with Crippen LogP contribution in [0.3, 0.4) is 0 Å². The van der Waals surface area contributed by atoms with Gasteiger partial charge >= 0.3 is 0 Å². The summed E-state index contributed by atoms with van der Waals surface area (Å²) in [5.41, 5.74) is 1.93. The number of nitrogens with zero attached hydrogens (tertiary/aromatic N) is 4. The Morgan fingerprint density at radius 2 is 1.75 bits per heavy atom. The van der Waals surface area contributed by atoms with E-state index < -0.39 is 23.6 Å². The molecule has 3 rings (SSSR count). The van der Waals surface area contributed by atoms with Crippen LogP contribution in [0.15, 0.2) is 24.3 Å². The number of benzene rings is 1. The van der Waals surface area contributed by atoms with Gasteiger partial charge in [-0.05, 0) is 44.5 Å². The van der Waals surface area contributed by atoms with E-state index >= 15 is 0 Å². The molecule has 0 saturated heterocycles. The summed E-state index contributed by atoms with van der Waals surface area (Å²) in [5.74, 6) is -3.79.